The second-order valence-electron chi connectivity index (χ2n) is 15.7. The zero-order chi connectivity index (χ0) is 38.6. The largest absolute Gasteiger partial charge is 0.0895 e. The summed E-state index contributed by atoms with van der Waals surface area (Å²) in [7, 11) is 0. The van der Waals surface area contributed by atoms with Gasteiger partial charge in [-0.15, -0.1) is 0 Å². The first kappa shape index (κ1) is 34.6. The molecule has 58 heavy (non-hydrogen) atoms. The third kappa shape index (κ3) is 5.61. The van der Waals surface area contributed by atoms with Crippen LogP contribution in [-0.2, 0) is 11.8 Å². The lowest BCUT2D eigenvalue weighted by molar-refractivity contribution is 0.794. The summed E-state index contributed by atoms with van der Waals surface area (Å²) in [5, 5.41) is 0. The van der Waals surface area contributed by atoms with E-state index in [0.717, 1.165) is 6.42 Å². The molecule has 1 spiro atoms. The highest BCUT2D eigenvalue weighted by Crippen LogP contribution is 2.63. The molecule has 9 aromatic rings. The van der Waals surface area contributed by atoms with E-state index in [2.05, 4.69) is 219 Å². The van der Waals surface area contributed by atoms with Crippen molar-refractivity contribution < 1.29 is 0 Å². The highest BCUT2D eigenvalue weighted by Gasteiger charge is 2.51. The van der Waals surface area contributed by atoms with Crippen molar-refractivity contribution in [1.29, 1.82) is 0 Å². The normalized spacial score (nSPS) is 12.8. The molecule has 0 nitrogen and oxygen atoms in total. The smallest absolute Gasteiger partial charge is 0.0725 e. The topological polar surface area (TPSA) is 0 Å². The van der Waals surface area contributed by atoms with Crippen LogP contribution in [0.4, 0.5) is 0 Å². The summed E-state index contributed by atoms with van der Waals surface area (Å²) >= 11 is 1.89. The van der Waals surface area contributed by atoms with Crippen LogP contribution in [0.25, 0.3) is 55.6 Å². The lowest BCUT2D eigenvalue weighted by Gasteiger charge is -2.30. The lowest BCUT2D eigenvalue weighted by atomic mass is 9.70. The molecule has 1 heteroatoms. The summed E-state index contributed by atoms with van der Waals surface area (Å²) in [6, 6.07) is 78.9. The average molecular weight is 757 g/mol. The van der Waals surface area contributed by atoms with Gasteiger partial charge in [0.1, 0.15) is 0 Å². The van der Waals surface area contributed by atoms with Gasteiger partial charge in [-0.05, 0) is 126 Å². The standard InChI is InChI=1S/C57H40S/c1-38-24-27-45(43-32-33-50-49-20-10-13-23-53(49)57(54(50)35-43)51-21-11-8-18-47(51)48-19-9-12-22-52(48)57)36-55(38)58-56-37-44(41-16-6-3-7-17-41)30-31-46(56)34-39-25-28-42(29-26-39)40-14-4-2-5-15-40/h2-33,35-37H,34H2,1H3. The summed E-state index contributed by atoms with van der Waals surface area (Å²) < 4.78 is 0. The maximum absolute atomic E-state index is 2.49. The van der Waals surface area contributed by atoms with E-state index in [-0.39, 0.29) is 5.41 Å². The number of hydrogen-bond donors (Lipinski definition) is 0. The van der Waals surface area contributed by atoms with Gasteiger partial charge in [0.2, 0.25) is 0 Å². The third-order valence-corrected chi connectivity index (χ3v) is 13.6. The number of aryl methyl sites for hydroxylation is 1. The quantitative estimate of drug-likeness (QED) is 0.156. The van der Waals surface area contributed by atoms with Crippen LogP contribution in [0.15, 0.2) is 222 Å². The Bertz CT molecular complexity index is 2930. The molecule has 0 atom stereocenters. The molecule has 2 aliphatic rings. The Morgan fingerprint density at radius 2 is 0.776 bits per heavy atom. The second-order valence-corrected chi connectivity index (χ2v) is 16.7. The first-order valence-corrected chi connectivity index (χ1v) is 21.0. The van der Waals surface area contributed by atoms with E-state index in [1.54, 1.807) is 0 Å². The molecule has 0 N–H and O–H groups in total. The SMILES string of the molecule is Cc1ccc(-c2ccc3c(c2)C2(c4ccccc4-c4ccccc42)c2ccccc2-3)cc1Sc1cc(-c2ccccc2)ccc1Cc1ccc(-c2ccccc2)cc1. The van der Waals surface area contributed by atoms with Gasteiger partial charge in [0.05, 0.1) is 5.41 Å². The van der Waals surface area contributed by atoms with E-state index in [0.29, 0.717) is 0 Å². The fraction of sp³-hybridized carbons (Fsp3) is 0.0526. The van der Waals surface area contributed by atoms with Crippen molar-refractivity contribution in [3.63, 3.8) is 0 Å². The molecule has 274 valence electrons. The van der Waals surface area contributed by atoms with Gasteiger partial charge in [0.25, 0.3) is 0 Å². The summed E-state index contributed by atoms with van der Waals surface area (Å²) in [6.07, 6.45) is 0.863. The van der Waals surface area contributed by atoms with Crippen LogP contribution in [0, 0.1) is 6.92 Å². The van der Waals surface area contributed by atoms with Crippen LogP contribution in [0.1, 0.15) is 38.9 Å². The van der Waals surface area contributed by atoms with Crippen molar-refractivity contribution >= 4 is 11.8 Å². The van der Waals surface area contributed by atoms with Gasteiger partial charge in [-0.2, -0.15) is 0 Å². The van der Waals surface area contributed by atoms with E-state index >= 15 is 0 Å². The molecule has 9 aromatic carbocycles. The molecule has 0 saturated carbocycles. The van der Waals surface area contributed by atoms with Gasteiger partial charge >= 0.3 is 0 Å². The molecule has 2 aliphatic carbocycles. The summed E-state index contributed by atoms with van der Waals surface area (Å²) in [5.41, 5.74) is 21.8. The molecule has 0 amide bonds. The van der Waals surface area contributed by atoms with Crippen LogP contribution in [-0.4, -0.2) is 0 Å². The number of fused-ring (bicyclic) bond motifs is 10. The third-order valence-electron chi connectivity index (χ3n) is 12.4. The van der Waals surface area contributed by atoms with Crippen molar-refractivity contribution in [3.05, 3.63) is 251 Å². The van der Waals surface area contributed by atoms with E-state index < -0.39 is 0 Å². The molecule has 0 aliphatic heterocycles. The van der Waals surface area contributed by atoms with Gasteiger partial charge in [-0.25, -0.2) is 0 Å². The Hall–Kier alpha value is -6.67. The van der Waals surface area contributed by atoms with E-state index in [9.17, 15) is 0 Å². The molecule has 0 aromatic heterocycles. The molecule has 0 bridgehead atoms. The fourth-order valence-electron chi connectivity index (χ4n) is 9.55. The average Bonchev–Trinajstić information content (AvgIpc) is 3.76. The minimum Gasteiger partial charge on any atom is -0.0895 e. The highest BCUT2D eigenvalue weighted by atomic mass is 32.2. The molecule has 0 unspecified atom stereocenters. The van der Waals surface area contributed by atoms with Crippen molar-refractivity contribution in [2.45, 2.75) is 28.6 Å². The first-order valence-electron chi connectivity index (χ1n) is 20.2. The molecule has 0 saturated heterocycles. The molecule has 0 radical (unpaired) electrons. The van der Waals surface area contributed by atoms with Crippen molar-refractivity contribution in [2.24, 2.45) is 0 Å². The minimum absolute atomic E-state index is 0.358. The predicted molar refractivity (Wildman–Crippen MR) is 244 cm³/mol. The molecule has 0 heterocycles. The van der Waals surface area contributed by atoms with Crippen molar-refractivity contribution in [2.75, 3.05) is 0 Å². The molecular formula is C57H40S. The first-order chi connectivity index (χ1) is 28.6. The predicted octanol–water partition coefficient (Wildman–Crippen LogP) is 15.1. The Morgan fingerprint density at radius 1 is 0.345 bits per heavy atom. The van der Waals surface area contributed by atoms with Gasteiger partial charge in [-0.3, -0.25) is 0 Å². The van der Waals surface area contributed by atoms with Gasteiger partial charge in [-0.1, -0.05) is 206 Å². The summed E-state index contributed by atoms with van der Waals surface area (Å²) in [6.45, 7) is 2.25. The van der Waals surface area contributed by atoms with Gasteiger partial charge in [0.15, 0.2) is 0 Å². The Kier molecular flexibility index (Phi) is 8.38. The maximum Gasteiger partial charge on any atom is 0.0725 e. The minimum atomic E-state index is -0.358. The van der Waals surface area contributed by atoms with Crippen LogP contribution in [0.3, 0.4) is 0 Å². The van der Waals surface area contributed by atoms with Crippen LogP contribution in [0.2, 0.25) is 0 Å². The van der Waals surface area contributed by atoms with Crippen molar-refractivity contribution in [3.8, 4) is 55.6 Å². The number of rotatable bonds is 7. The van der Waals surface area contributed by atoms with Gasteiger partial charge < -0.3 is 0 Å². The monoisotopic (exact) mass is 756 g/mol. The van der Waals surface area contributed by atoms with E-state index in [1.807, 2.05) is 11.8 Å². The highest BCUT2D eigenvalue weighted by molar-refractivity contribution is 7.99. The molecule has 0 fully saturated rings. The Labute approximate surface area is 345 Å². The zero-order valence-corrected chi connectivity index (χ0v) is 33.1. The molecule has 11 rings (SSSR count). The number of hydrogen-bond acceptors (Lipinski definition) is 1. The van der Waals surface area contributed by atoms with E-state index in [4.69, 9.17) is 0 Å². The number of benzene rings is 9. The maximum atomic E-state index is 2.49. The lowest BCUT2D eigenvalue weighted by Crippen LogP contribution is -2.25. The summed E-state index contributed by atoms with van der Waals surface area (Å²) in [5.74, 6) is 0. The summed E-state index contributed by atoms with van der Waals surface area (Å²) in [4.78, 5) is 2.56. The van der Waals surface area contributed by atoms with Crippen LogP contribution in [0.5, 0.6) is 0 Å². The van der Waals surface area contributed by atoms with Crippen molar-refractivity contribution in [1.82, 2.24) is 0 Å². The van der Waals surface area contributed by atoms with Gasteiger partial charge in [0, 0.05) is 9.79 Å². The second kappa shape index (κ2) is 14.1. The zero-order valence-electron chi connectivity index (χ0n) is 32.3. The molecular weight excluding hydrogens is 717 g/mol. The van der Waals surface area contributed by atoms with Crippen LogP contribution < -0.4 is 0 Å². The fourth-order valence-corrected chi connectivity index (χ4v) is 10.7. The van der Waals surface area contributed by atoms with Crippen LogP contribution >= 0.6 is 11.8 Å². The van der Waals surface area contributed by atoms with E-state index in [1.165, 1.54) is 104 Å². The Morgan fingerprint density at radius 3 is 1.40 bits per heavy atom. The Balaban J connectivity index is 0.996.